The third kappa shape index (κ3) is 4.25. The first-order valence-corrected chi connectivity index (χ1v) is 10.3. The summed E-state index contributed by atoms with van der Waals surface area (Å²) in [5, 5.41) is 4.60. The molecule has 5 heteroatoms. The van der Waals surface area contributed by atoms with Gasteiger partial charge in [0.2, 0.25) is 0 Å². The molecule has 0 radical (unpaired) electrons. The Bertz CT molecular complexity index is 1000. The predicted octanol–water partition coefficient (Wildman–Crippen LogP) is 2.24. The van der Waals surface area contributed by atoms with Crippen LogP contribution in [-0.4, -0.2) is 46.8 Å². The Balaban J connectivity index is 1.42. The van der Waals surface area contributed by atoms with Crippen molar-refractivity contribution >= 4 is 5.91 Å². The maximum atomic E-state index is 13.1. The van der Waals surface area contributed by atoms with E-state index >= 15 is 0 Å². The molecule has 0 aliphatic carbocycles. The molecule has 0 unspecified atom stereocenters. The molecule has 4 rings (SSSR count). The van der Waals surface area contributed by atoms with Gasteiger partial charge in [-0.05, 0) is 37.1 Å². The number of amides is 1. The molecule has 2 aromatic carbocycles. The molecule has 0 atom stereocenters. The second kappa shape index (κ2) is 8.21. The van der Waals surface area contributed by atoms with Crippen molar-refractivity contribution in [3.05, 3.63) is 77.0 Å². The fourth-order valence-electron chi connectivity index (χ4n) is 3.96. The minimum atomic E-state index is 0.0776. The summed E-state index contributed by atoms with van der Waals surface area (Å²) < 4.78 is 1.72. The van der Waals surface area contributed by atoms with Gasteiger partial charge in [-0.3, -0.25) is 9.48 Å². The molecule has 3 aromatic rings. The molecule has 150 valence electrons. The summed E-state index contributed by atoms with van der Waals surface area (Å²) in [6, 6.07) is 18.8. The number of aryl methyl sites for hydroxylation is 3. The minimum Gasteiger partial charge on any atom is -0.328 e. The molecule has 1 N–H and O–H groups in total. The third-order valence-electron chi connectivity index (χ3n) is 5.96. The van der Waals surface area contributed by atoms with Gasteiger partial charge in [0.25, 0.3) is 5.91 Å². The number of rotatable bonds is 4. The van der Waals surface area contributed by atoms with E-state index in [1.807, 2.05) is 18.0 Å². The number of benzene rings is 2. The molecule has 1 fully saturated rings. The molecule has 2 heterocycles. The van der Waals surface area contributed by atoms with Gasteiger partial charge in [0.1, 0.15) is 12.2 Å². The molecule has 0 bridgehead atoms. The Hall–Kier alpha value is -2.92. The zero-order chi connectivity index (χ0) is 20.4. The number of piperazine rings is 1. The zero-order valence-electron chi connectivity index (χ0n) is 17.5. The lowest BCUT2D eigenvalue weighted by Crippen LogP contribution is -3.13. The summed E-state index contributed by atoms with van der Waals surface area (Å²) in [5.41, 5.74) is 6.42. The number of nitrogens with zero attached hydrogens (tertiary/aromatic N) is 3. The van der Waals surface area contributed by atoms with Crippen LogP contribution in [0.2, 0.25) is 0 Å². The van der Waals surface area contributed by atoms with Crippen molar-refractivity contribution in [3.63, 3.8) is 0 Å². The lowest BCUT2D eigenvalue weighted by Gasteiger charge is -2.32. The highest BCUT2D eigenvalue weighted by atomic mass is 16.2. The van der Waals surface area contributed by atoms with Crippen LogP contribution in [0.4, 0.5) is 0 Å². The fourth-order valence-corrected chi connectivity index (χ4v) is 3.96. The first-order valence-electron chi connectivity index (χ1n) is 10.3. The highest BCUT2D eigenvalue weighted by molar-refractivity contribution is 5.93. The van der Waals surface area contributed by atoms with Crippen LogP contribution in [0.1, 0.15) is 27.2 Å². The molecule has 0 spiro atoms. The van der Waals surface area contributed by atoms with Crippen molar-refractivity contribution in [2.24, 2.45) is 7.05 Å². The summed E-state index contributed by atoms with van der Waals surface area (Å²) in [6.45, 7) is 8.74. The van der Waals surface area contributed by atoms with E-state index in [0.29, 0.717) is 5.69 Å². The summed E-state index contributed by atoms with van der Waals surface area (Å²) in [4.78, 5) is 16.6. The van der Waals surface area contributed by atoms with Gasteiger partial charge in [0.05, 0.1) is 31.9 Å². The third-order valence-corrected chi connectivity index (χ3v) is 5.96. The lowest BCUT2D eigenvalue weighted by atomic mass is 10.0. The van der Waals surface area contributed by atoms with E-state index in [4.69, 9.17) is 0 Å². The Morgan fingerprint density at radius 3 is 2.41 bits per heavy atom. The lowest BCUT2D eigenvalue weighted by molar-refractivity contribution is -0.917. The van der Waals surface area contributed by atoms with Crippen LogP contribution >= 0.6 is 0 Å². The molecule has 0 saturated carbocycles. The minimum absolute atomic E-state index is 0.0776. The van der Waals surface area contributed by atoms with Crippen LogP contribution in [0.3, 0.4) is 0 Å². The topological polar surface area (TPSA) is 42.6 Å². The van der Waals surface area contributed by atoms with Gasteiger partial charge in [-0.1, -0.05) is 42.5 Å². The summed E-state index contributed by atoms with van der Waals surface area (Å²) >= 11 is 0. The van der Waals surface area contributed by atoms with Gasteiger partial charge in [-0.25, -0.2) is 0 Å². The Morgan fingerprint density at radius 2 is 1.72 bits per heavy atom. The number of hydrogen-bond acceptors (Lipinski definition) is 2. The summed E-state index contributed by atoms with van der Waals surface area (Å²) in [5.74, 6) is 0.0776. The van der Waals surface area contributed by atoms with E-state index in [1.54, 1.807) is 4.68 Å². The molecule has 1 saturated heterocycles. The molecule has 1 aliphatic rings. The Kier molecular flexibility index (Phi) is 5.49. The van der Waals surface area contributed by atoms with Crippen LogP contribution in [0.15, 0.2) is 54.6 Å². The van der Waals surface area contributed by atoms with Gasteiger partial charge in [-0.15, -0.1) is 0 Å². The fraction of sp³-hybridized carbons (Fsp3) is 0.333. The van der Waals surface area contributed by atoms with Gasteiger partial charge in [0, 0.05) is 18.2 Å². The first-order chi connectivity index (χ1) is 14.0. The Labute approximate surface area is 172 Å². The number of nitrogens with one attached hydrogen (secondary N) is 1. The zero-order valence-corrected chi connectivity index (χ0v) is 17.5. The Morgan fingerprint density at radius 1 is 1.00 bits per heavy atom. The van der Waals surface area contributed by atoms with Crippen LogP contribution in [-0.2, 0) is 13.6 Å². The van der Waals surface area contributed by atoms with Crippen LogP contribution in [0.5, 0.6) is 0 Å². The van der Waals surface area contributed by atoms with Crippen molar-refractivity contribution in [1.29, 1.82) is 0 Å². The second-order valence-corrected chi connectivity index (χ2v) is 8.04. The number of quaternary nitrogens is 1. The van der Waals surface area contributed by atoms with Crippen molar-refractivity contribution < 1.29 is 9.69 Å². The highest BCUT2D eigenvalue weighted by Gasteiger charge is 2.27. The maximum Gasteiger partial charge on any atom is 0.272 e. The quantitative estimate of drug-likeness (QED) is 0.744. The average Bonchev–Trinajstić information content (AvgIpc) is 3.12. The molecule has 1 aliphatic heterocycles. The monoisotopic (exact) mass is 389 g/mol. The van der Waals surface area contributed by atoms with Crippen LogP contribution < -0.4 is 4.90 Å². The number of hydrogen-bond donors (Lipinski definition) is 1. The van der Waals surface area contributed by atoms with E-state index in [9.17, 15) is 4.79 Å². The number of carbonyl (C=O) groups excluding carboxylic acids is 1. The van der Waals surface area contributed by atoms with E-state index in [2.05, 4.69) is 67.5 Å². The normalized spacial score (nSPS) is 14.9. The van der Waals surface area contributed by atoms with E-state index in [0.717, 1.165) is 44.0 Å². The summed E-state index contributed by atoms with van der Waals surface area (Å²) in [6.07, 6.45) is 0. The summed E-state index contributed by atoms with van der Waals surface area (Å²) in [7, 11) is 1.86. The highest BCUT2D eigenvalue weighted by Crippen LogP contribution is 2.22. The van der Waals surface area contributed by atoms with E-state index < -0.39 is 0 Å². The van der Waals surface area contributed by atoms with Crippen LogP contribution in [0.25, 0.3) is 11.3 Å². The van der Waals surface area contributed by atoms with Crippen molar-refractivity contribution in [2.75, 3.05) is 26.2 Å². The van der Waals surface area contributed by atoms with E-state index in [1.165, 1.54) is 21.6 Å². The predicted molar refractivity (Wildman–Crippen MR) is 115 cm³/mol. The molecule has 1 aromatic heterocycles. The standard InChI is InChI=1S/C24H28N4O/c1-18-9-10-21(15-19(18)2)22-16-23(26(3)25-22)24(29)28-13-11-27(12-14-28)17-20-7-5-4-6-8-20/h4-10,15-16H,11-14,17H2,1-3H3/p+1. The number of aromatic nitrogens is 2. The van der Waals surface area contributed by atoms with E-state index in [-0.39, 0.29) is 5.91 Å². The molecular formula is C24H29N4O+. The van der Waals surface area contributed by atoms with Crippen molar-refractivity contribution in [2.45, 2.75) is 20.4 Å². The van der Waals surface area contributed by atoms with Gasteiger partial charge >= 0.3 is 0 Å². The smallest absolute Gasteiger partial charge is 0.272 e. The van der Waals surface area contributed by atoms with Gasteiger partial charge < -0.3 is 9.80 Å². The largest absolute Gasteiger partial charge is 0.328 e. The van der Waals surface area contributed by atoms with Crippen LogP contribution in [0, 0.1) is 13.8 Å². The molecule has 5 nitrogen and oxygen atoms in total. The number of carbonyl (C=O) groups is 1. The second-order valence-electron chi connectivity index (χ2n) is 8.04. The average molecular weight is 390 g/mol. The molecular weight excluding hydrogens is 360 g/mol. The van der Waals surface area contributed by atoms with Crippen molar-refractivity contribution in [1.82, 2.24) is 14.7 Å². The first kappa shape index (κ1) is 19.4. The molecule has 1 amide bonds. The van der Waals surface area contributed by atoms with Gasteiger partial charge in [0.15, 0.2) is 0 Å². The molecule has 29 heavy (non-hydrogen) atoms. The van der Waals surface area contributed by atoms with Gasteiger partial charge in [-0.2, -0.15) is 5.10 Å². The maximum absolute atomic E-state index is 13.1. The SMILES string of the molecule is Cc1ccc(-c2cc(C(=O)N3CC[NH+](Cc4ccccc4)CC3)n(C)n2)cc1C. The van der Waals surface area contributed by atoms with Crippen molar-refractivity contribution in [3.8, 4) is 11.3 Å².